The van der Waals surface area contributed by atoms with E-state index in [2.05, 4.69) is 4.90 Å². The fourth-order valence-electron chi connectivity index (χ4n) is 4.47. The van der Waals surface area contributed by atoms with Crippen LogP contribution in [-0.4, -0.2) is 69.9 Å². The number of thiophene rings is 1. The molecule has 42 heavy (non-hydrogen) atoms. The van der Waals surface area contributed by atoms with Crippen LogP contribution in [0.1, 0.15) is 28.0 Å². The largest absolute Gasteiger partial charge is 0.490 e. The van der Waals surface area contributed by atoms with Gasteiger partial charge in [-0.3, -0.25) is 14.7 Å². The number of aliphatic carboxylic acids is 2. The van der Waals surface area contributed by atoms with Gasteiger partial charge in [0.15, 0.2) is 0 Å². The van der Waals surface area contributed by atoms with Crippen LogP contribution in [0.5, 0.6) is 0 Å². The van der Waals surface area contributed by atoms with Crippen molar-refractivity contribution in [2.24, 2.45) is 0 Å². The monoisotopic (exact) mass is 621 g/mol. The van der Waals surface area contributed by atoms with Gasteiger partial charge >= 0.3 is 24.3 Å². The summed E-state index contributed by atoms with van der Waals surface area (Å²) in [7, 11) is 0. The second-order valence-corrected chi connectivity index (χ2v) is 10.0. The van der Waals surface area contributed by atoms with E-state index in [4.69, 9.17) is 24.8 Å². The predicted molar refractivity (Wildman–Crippen MR) is 136 cm³/mol. The van der Waals surface area contributed by atoms with E-state index in [1.165, 1.54) is 23.5 Å². The summed E-state index contributed by atoms with van der Waals surface area (Å²) < 4.78 is 76.7. The van der Waals surface area contributed by atoms with Gasteiger partial charge in [-0.15, -0.1) is 0 Å². The van der Waals surface area contributed by atoms with E-state index in [9.17, 15) is 35.5 Å². The fourth-order valence-corrected chi connectivity index (χ4v) is 5.10. The van der Waals surface area contributed by atoms with E-state index in [0.29, 0.717) is 6.54 Å². The standard InChI is InChI=1S/C22H20FN3OS.2C2HF3O2/c23-18-5-3-16(4-6-18)12-25-10-8-22(14-25)15-26(19-2-1-9-24-20(19)22)21(27)17-7-11-28-13-17;2*3-2(4,5)1(6)7/h1-7,9,11,13H,8,10,12,14-15H2;2*(H,6,7). The van der Waals surface area contributed by atoms with E-state index in [0.717, 1.165) is 48.6 Å². The Balaban J connectivity index is 0.000000289. The van der Waals surface area contributed by atoms with E-state index >= 15 is 0 Å². The lowest BCUT2D eigenvalue weighted by Crippen LogP contribution is -2.39. The fraction of sp³-hybridized carbons (Fsp3) is 0.308. The van der Waals surface area contributed by atoms with Crippen molar-refractivity contribution >= 4 is 34.9 Å². The van der Waals surface area contributed by atoms with Gasteiger partial charge in [-0.25, -0.2) is 14.0 Å². The van der Waals surface area contributed by atoms with Crippen LogP contribution in [0, 0.1) is 5.82 Å². The number of carboxylic acids is 2. The maximum Gasteiger partial charge on any atom is 0.490 e. The SMILES string of the molecule is O=C(O)C(F)(F)F.O=C(O)C(F)(F)F.O=C(c1ccsc1)N1CC2(CCN(Cc3ccc(F)cc3)C2)c2ncccc21. The number of carboxylic acid groups (broad SMARTS) is 2. The Morgan fingerprint density at radius 3 is 2.05 bits per heavy atom. The molecule has 0 radical (unpaired) electrons. The summed E-state index contributed by atoms with van der Waals surface area (Å²) in [6, 6.07) is 12.5. The van der Waals surface area contributed by atoms with Crippen LogP contribution < -0.4 is 4.90 Å². The smallest absolute Gasteiger partial charge is 0.475 e. The zero-order chi connectivity index (χ0) is 31.3. The molecule has 1 atom stereocenters. The molecule has 1 fully saturated rings. The van der Waals surface area contributed by atoms with Gasteiger partial charge in [-0.05, 0) is 54.2 Å². The third kappa shape index (κ3) is 8.03. The highest BCUT2D eigenvalue weighted by Gasteiger charge is 2.50. The summed E-state index contributed by atoms with van der Waals surface area (Å²) in [4.78, 5) is 39.8. The van der Waals surface area contributed by atoms with Crippen molar-refractivity contribution in [2.75, 3.05) is 24.5 Å². The van der Waals surface area contributed by atoms with Crippen molar-refractivity contribution in [1.29, 1.82) is 0 Å². The molecule has 0 aliphatic carbocycles. The van der Waals surface area contributed by atoms with Crippen LogP contribution in [0.2, 0.25) is 0 Å². The maximum atomic E-state index is 13.2. The molecule has 0 bridgehead atoms. The van der Waals surface area contributed by atoms with Crippen LogP contribution >= 0.6 is 11.3 Å². The minimum atomic E-state index is -5.08. The first-order valence-corrected chi connectivity index (χ1v) is 12.8. The van der Waals surface area contributed by atoms with Gasteiger partial charge in [0.05, 0.1) is 16.9 Å². The number of hydrogen-bond acceptors (Lipinski definition) is 6. The van der Waals surface area contributed by atoms with Gasteiger partial charge in [0.1, 0.15) is 5.82 Å². The zero-order valence-electron chi connectivity index (χ0n) is 21.3. The molecule has 5 rings (SSSR count). The highest BCUT2D eigenvalue weighted by Crippen LogP contribution is 2.45. The lowest BCUT2D eigenvalue weighted by molar-refractivity contribution is -0.193. The number of aromatic nitrogens is 1. The number of carbonyl (C=O) groups excluding carboxylic acids is 1. The molecule has 0 saturated carbocycles. The molecule has 2 N–H and O–H groups in total. The highest BCUT2D eigenvalue weighted by molar-refractivity contribution is 7.08. The van der Waals surface area contributed by atoms with Crippen LogP contribution in [0.15, 0.2) is 59.4 Å². The number of amides is 1. The van der Waals surface area contributed by atoms with Gasteiger partial charge in [0.2, 0.25) is 0 Å². The molecule has 226 valence electrons. The number of nitrogens with zero attached hydrogens (tertiary/aromatic N) is 3. The summed E-state index contributed by atoms with van der Waals surface area (Å²) in [5.41, 5.74) is 3.66. The molecule has 3 aromatic rings. The van der Waals surface area contributed by atoms with Gasteiger partial charge in [0.25, 0.3) is 5.91 Å². The Hall–Kier alpha value is -4.05. The average Bonchev–Trinajstić information content (AvgIpc) is 3.66. The first kappa shape index (κ1) is 32.5. The van der Waals surface area contributed by atoms with E-state index < -0.39 is 24.3 Å². The number of pyridine rings is 1. The summed E-state index contributed by atoms with van der Waals surface area (Å²) >= 11 is 1.54. The molecule has 1 unspecified atom stereocenters. The predicted octanol–water partition coefficient (Wildman–Crippen LogP) is 5.35. The number of alkyl halides is 6. The molecular formula is C26H22F7N3O5S. The van der Waals surface area contributed by atoms with Crippen LogP contribution in [0.25, 0.3) is 0 Å². The van der Waals surface area contributed by atoms with E-state index in [-0.39, 0.29) is 17.1 Å². The molecule has 1 saturated heterocycles. The van der Waals surface area contributed by atoms with E-state index in [1.54, 1.807) is 0 Å². The van der Waals surface area contributed by atoms with Gasteiger partial charge in [0, 0.05) is 36.6 Å². The van der Waals surface area contributed by atoms with Gasteiger partial charge < -0.3 is 15.1 Å². The summed E-state index contributed by atoms with van der Waals surface area (Å²) in [6.45, 7) is 3.23. The third-order valence-corrected chi connectivity index (χ3v) is 6.97. The molecule has 1 spiro atoms. The van der Waals surface area contributed by atoms with Crippen molar-refractivity contribution in [1.82, 2.24) is 9.88 Å². The maximum absolute atomic E-state index is 13.2. The molecule has 2 aromatic heterocycles. The Morgan fingerprint density at radius 2 is 1.52 bits per heavy atom. The number of anilines is 1. The number of carbonyl (C=O) groups is 3. The van der Waals surface area contributed by atoms with E-state index in [1.807, 2.05) is 52.2 Å². The lowest BCUT2D eigenvalue weighted by Gasteiger charge is -2.25. The van der Waals surface area contributed by atoms with Crippen LogP contribution in [-0.2, 0) is 21.5 Å². The normalized spacial score (nSPS) is 18.0. The van der Waals surface area contributed by atoms with Crippen molar-refractivity contribution < 1.29 is 55.3 Å². The third-order valence-electron chi connectivity index (χ3n) is 6.29. The Morgan fingerprint density at radius 1 is 0.929 bits per heavy atom. The number of benzene rings is 1. The highest BCUT2D eigenvalue weighted by atomic mass is 32.1. The molecular weight excluding hydrogens is 599 g/mol. The zero-order valence-corrected chi connectivity index (χ0v) is 22.1. The first-order valence-electron chi connectivity index (χ1n) is 11.9. The number of rotatable bonds is 3. The number of halogens is 7. The average molecular weight is 622 g/mol. The summed E-state index contributed by atoms with van der Waals surface area (Å²) in [6.07, 6.45) is -7.38. The minimum Gasteiger partial charge on any atom is -0.475 e. The molecule has 1 aromatic carbocycles. The second-order valence-electron chi connectivity index (χ2n) is 9.25. The molecule has 8 nitrogen and oxygen atoms in total. The quantitative estimate of drug-likeness (QED) is 0.380. The van der Waals surface area contributed by atoms with Gasteiger partial charge in [-0.2, -0.15) is 37.7 Å². The Bertz CT molecular complexity index is 1370. The first-order chi connectivity index (χ1) is 19.5. The van der Waals surface area contributed by atoms with Crippen molar-refractivity contribution in [3.8, 4) is 0 Å². The number of fused-ring (bicyclic) bond motifs is 2. The molecule has 4 heterocycles. The number of hydrogen-bond donors (Lipinski definition) is 2. The molecule has 1 amide bonds. The number of likely N-dealkylation sites (tertiary alicyclic amines) is 1. The van der Waals surface area contributed by atoms with Crippen molar-refractivity contribution in [3.05, 3.63) is 82.1 Å². The molecule has 16 heteroatoms. The minimum absolute atomic E-state index is 0.0457. The lowest BCUT2D eigenvalue weighted by atomic mass is 9.85. The topological polar surface area (TPSA) is 111 Å². The summed E-state index contributed by atoms with van der Waals surface area (Å²) in [5.74, 6) is -5.68. The van der Waals surface area contributed by atoms with Gasteiger partial charge in [-0.1, -0.05) is 12.1 Å². The molecule has 2 aliphatic heterocycles. The molecule has 2 aliphatic rings. The van der Waals surface area contributed by atoms with Crippen LogP contribution in [0.3, 0.4) is 0 Å². The Kier molecular flexibility index (Phi) is 9.94. The van der Waals surface area contributed by atoms with Crippen molar-refractivity contribution in [3.63, 3.8) is 0 Å². The van der Waals surface area contributed by atoms with Crippen LogP contribution in [0.4, 0.5) is 36.4 Å². The summed E-state index contributed by atoms with van der Waals surface area (Å²) in [5, 5.41) is 18.1. The van der Waals surface area contributed by atoms with Crippen molar-refractivity contribution in [2.45, 2.75) is 30.7 Å². The second kappa shape index (κ2) is 12.9. The Labute approximate surface area is 237 Å².